The van der Waals surface area contributed by atoms with E-state index in [1.807, 2.05) is 0 Å². The molecule has 0 N–H and O–H groups in total. The Hall–Kier alpha value is 0.759. The second-order valence-electron chi connectivity index (χ2n) is 6.89. The molecule has 0 heterocycles. The van der Waals surface area contributed by atoms with Crippen LogP contribution in [0.15, 0.2) is 0 Å². The van der Waals surface area contributed by atoms with Crippen molar-refractivity contribution < 1.29 is 3.07 Å². The summed E-state index contributed by atoms with van der Waals surface area (Å²) in [7, 11) is 0. The maximum absolute atomic E-state index is 6.27. The Morgan fingerprint density at radius 3 is 1.60 bits per heavy atom. The molecule has 0 spiro atoms. The molecular formula is C18H40OSn. The molecule has 0 aliphatic heterocycles. The summed E-state index contributed by atoms with van der Waals surface area (Å²) in [4.78, 5) is 4.94. The van der Waals surface area contributed by atoms with Gasteiger partial charge in [-0.05, 0) is 0 Å². The normalized spacial score (nSPS) is 12.0. The summed E-state index contributed by atoms with van der Waals surface area (Å²) in [5, 5.41) is 0. The molecule has 0 aromatic rings. The molecule has 0 saturated carbocycles. The van der Waals surface area contributed by atoms with Crippen molar-refractivity contribution >= 4 is 18.8 Å². The number of unbranched alkanes of at least 4 members (excludes halogenated alkanes) is 10. The van der Waals surface area contributed by atoms with Crippen molar-refractivity contribution in [3.05, 3.63) is 0 Å². The maximum atomic E-state index is 6.27. The monoisotopic (exact) mass is 392 g/mol. The van der Waals surface area contributed by atoms with Gasteiger partial charge in [0.2, 0.25) is 0 Å². The van der Waals surface area contributed by atoms with Gasteiger partial charge in [0.25, 0.3) is 0 Å². The molecule has 20 heavy (non-hydrogen) atoms. The van der Waals surface area contributed by atoms with E-state index in [-0.39, 0.29) is 0 Å². The van der Waals surface area contributed by atoms with Gasteiger partial charge in [-0.2, -0.15) is 0 Å². The third kappa shape index (κ3) is 15.2. The molecule has 0 aliphatic rings. The zero-order valence-electron chi connectivity index (χ0n) is 14.8. The summed E-state index contributed by atoms with van der Waals surface area (Å²) in [6, 6.07) is 0. The zero-order chi connectivity index (χ0) is 15.1. The van der Waals surface area contributed by atoms with E-state index >= 15 is 0 Å². The Balaban J connectivity index is 3.35. The van der Waals surface area contributed by atoms with Crippen LogP contribution in [-0.4, -0.2) is 25.4 Å². The second-order valence-corrected chi connectivity index (χ2v) is 19.2. The Bertz CT molecular complexity index is 192. The SMILES string of the molecule is CCCCCCCC[O][Sn]([CH3])([CH3])[CH2]CCCCCCC. The van der Waals surface area contributed by atoms with E-state index in [2.05, 4.69) is 23.7 Å². The Kier molecular flexibility index (Phi) is 15.2. The van der Waals surface area contributed by atoms with Crippen molar-refractivity contribution in [3.8, 4) is 0 Å². The van der Waals surface area contributed by atoms with E-state index in [4.69, 9.17) is 3.07 Å². The molecule has 0 rings (SSSR count). The van der Waals surface area contributed by atoms with Crippen LogP contribution in [-0.2, 0) is 3.07 Å². The molecular weight excluding hydrogens is 351 g/mol. The molecule has 0 amide bonds. The fourth-order valence-electron chi connectivity index (χ4n) is 2.63. The molecule has 0 aromatic heterocycles. The van der Waals surface area contributed by atoms with E-state index in [0.717, 1.165) is 6.61 Å². The second kappa shape index (κ2) is 14.7. The summed E-state index contributed by atoms with van der Waals surface area (Å²) in [6.07, 6.45) is 16.7. The van der Waals surface area contributed by atoms with E-state index in [1.165, 1.54) is 81.5 Å². The van der Waals surface area contributed by atoms with Gasteiger partial charge >= 0.3 is 134 Å². The topological polar surface area (TPSA) is 9.23 Å². The van der Waals surface area contributed by atoms with Gasteiger partial charge in [0, 0.05) is 0 Å². The molecule has 2 heteroatoms. The molecule has 0 aliphatic carbocycles. The quantitative estimate of drug-likeness (QED) is 0.217. The fourth-order valence-corrected chi connectivity index (χ4v) is 8.18. The predicted molar refractivity (Wildman–Crippen MR) is 95.0 cm³/mol. The third-order valence-electron chi connectivity index (χ3n) is 4.12. The van der Waals surface area contributed by atoms with Crippen LogP contribution in [0.5, 0.6) is 0 Å². The van der Waals surface area contributed by atoms with Crippen molar-refractivity contribution in [1.82, 2.24) is 0 Å². The standard InChI is InChI=1S/C8H17O.C8H17.2CH3.Sn/c1-2-3-4-5-6-7-8-9;1-3-5-7-8-6-4-2;;;/h2-8H2,1H3;1,3-8H2,2H3;2*1H3;/q-1;;;;+1. The van der Waals surface area contributed by atoms with Crippen molar-refractivity contribution in [2.24, 2.45) is 0 Å². The molecule has 0 unspecified atom stereocenters. The first-order valence-electron chi connectivity index (χ1n) is 9.26. The molecule has 122 valence electrons. The Morgan fingerprint density at radius 2 is 1.05 bits per heavy atom. The average Bonchev–Trinajstić information content (AvgIpc) is 2.41. The first-order chi connectivity index (χ1) is 9.62. The van der Waals surface area contributed by atoms with Gasteiger partial charge in [0.15, 0.2) is 0 Å². The van der Waals surface area contributed by atoms with Gasteiger partial charge in [-0.25, -0.2) is 0 Å². The summed E-state index contributed by atoms with van der Waals surface area (Å²) in [5.41, 5.74) is 0. The molecule has 1 nitrogen and oxygen atoms in total. The van der Waals surface area contributed by atoms with Gasteiger partial charge in [-0.3, -0.25) is 0 Å². The molecule has 0 radical (unpaired) electrons. The van der Waals surface area contributed by atoms with Crippen LogP contribution in [0.4, 0.5) is 0 Å². The summed E-state index contributed by atoms with van der Waals surface area (Å²) in [6.45, 7) is 5.61. The van der Waals surface area contributed by atoms with E-state index in [0.29, 0.717) is 0 Å². The molecule has 0 atom stereocenters. The predicted octanol–water partition coefficient (Wildman–Crippen LogP) is 6.93. The van der Waals surface area contributed by atoms with Crippen LogP contribution in [0.2, 0.25) is 14.3 Å². The van der Waals surface area contributed by atoms with Crippen LogP contribution < -0.4 is 0 Å². The van der Waals surface area contributed by atoms with Crippen molar-refractivity contribution in [2.75, 3.05) is 6.61 Å². The van der Waals surface area contributed by atoms with E-state index in [1.54, 1.807) is 0 Å². The zero-order valence-corrected chi connectivity index (χ0v) is 17.7. The number of hydrogen-bond acceptors (Lipinski definition) is 1. The van der Waals surface area contributed by atoms with Crippen molar-refractivity contribution in [3.63, 3.8) is 0 Å². The molecule has 0 saturated heterocycles. The third-order valence-corrected chi connectivity index (χ3v) is 11.4. The van der Waals surface area contributed by atoms with Gasteiger partial charge in [-0.1, -0.05) is 0 Å². The van der Waals surface area contributed by atoms with Crippen molar-refractivity contribution in [1.29, 1.82) is 0 Å². The Labute approximate surface area is 133 Å². The minimum absolute atomic E-state index is 1.05. The number of rotatable bonds is 15. The van der Waals surface area contributed by atoms with Crippen LogP contribution >= 0.6 is 0 Å². The van der Waals surface area contributed by atoms with Crippen LogP contribution in [0.25, 0.3) is 0 Å². The average molecular weight is 391 g/mol. The summed E-state index contributed by atoms with van der Waals surface area (Å²) < 4.78 is 7.70. The van der Waals surface area contributed by atoms with E-state index < -0.39 is 18.8 Å². The van der Waals surface area contributed by atoms with E-state index in [9.17, 15) is 0 Å². The summed E-state index contributed by atoms with van der Waals surface area (Å²) in [5.74, 6) is 0. The minimum atomic E-state index is -2.08. The van der Waals surface area contributed by atoms with Gasteiger partial charge in [0.1, 0.15) is 0 Å². The molecule has 0 bridgehead atoms. The van der Waals surface area contributed by atoms with Crippen LogP contribution in [0.3, 0.4) is 0 Å². The Morgan fingerprint density at radius 1 is 0.600 bits per heavy atom. The molecule has 0 aromatic carbocycles. The van der Waals surface area contributed by atoms with Crippen LogP contribution in [0.1, 0.15) is 90.9 Å². The summed E-state index contributed by atoms with van der Waals surface area (Å²) >= 11 is -2.08. The van der Waals surface area contributed by atoms with Gasteiger partial charge in [0.05, 0.1) is 0 Å². The molecule has 0 fully saturated rings. The number of hydrogen-bond donors (Lipinski definition) is 0. The van der Waals surface area contributed by atoms with Crippen molar-refractivity contribution in [2.45, 2.75) is 105 Å². The van der Waals surface area contributed by atoms with Gasteiger partial charge in [-0.15, -0.1) is 0 Å². The fraction of sp³-hybridized carbons (Fsp3) is 1.00. The van der Waals surface area contributed by atoms with Crippen LogP contribution in [0, 0.1) is 0 Å². The van der Waals surface area contributed by atoms with Gasteiger partial charge < -0.3 is 0 Å². The first-order valence-corrected chi connectivity index (χ1v) is 18.2. The first kappa shape index (κ1) is 20.8.